The van der Waals surface area contributed by atoms with Crippen LogP contribution in [0.1, 0.15) is 11.3 Å². The summed E-state index contributed by atoms with van der Waals surface area (Å²) in [6, 6.07) is 3.93. The Bertz CT molecular complexity index is 278. The average Bonchev–Trinajstić information content (AvgIpc) is 2.74. The van der Waals surface area contributed by atoms with Crippen LogP contribution < -0.4 is 0 Å². The van der Waals surface area contributed by atoms with E-state index in [0.29, 0.717) is 13.0 Å². The van der Waals surface area contributed by atoms with Gasteiger partial charge in [0.2, 0.25) is 0 Å². The molecule has 1 fully saturated rings. The Kier molecular flexibility index (Phi) is 2.61. The van der Waals surface area contributed by atoms with Crippen molar-refractivity contribution in [3.63, 3.8) is 0 Å². The van der Waals surface area contributed by atoms with Crippen molar-refractivity contribution in [1.82, 2.24) is 5.06 Å². The first-order chi connectivity index (χ1) is 6.36. The lowest BCUT2D eigenvalue weighted by molar-refractivity contribution is -0.167. The molecule has 4 heteroatoms. The Labute approximate surface area is 80.9 Å². The molecule has 1 amide bonds. The quantitative estimate of drug-likeness (QED) is 0.718. The lowest BCUT2D eigenvalue weighted by Crippen LogP contribution is -2.27. The van der Waals surface area contributed by atoms with Crippen LogP contribution in [0.3, 0.4) is 0 Å². The number of hydrogen-bond donors (Lipinski definition) is 0. The minimum Gasteiger partial charge on any atom is -0.272 e. The number of hydrogen-bond acceptors (Lipinski definition) is 3. The standard InChI is InChI=1S/C9H11NO2S/c11-9(10-4-2-5-12-10)7-8-3-1-6-13-8/h1,3,6H,2,4-5,7H2. The van der Waals surface area contributed by atoms with Crippen LogP contribution in [-0.2, 0) is 16.1 Å². The summed E-state index contributed by atoms with van der Waals surface area (Å²) < 4.78 is 0. The van der Waals surface area contributed by atoms with Crippen molar-refractivity contribution in [2.75, 3.05) is 13.2 Å². The number of thiophene rings is 1. The number of carbonyl (C=O) groups excluding carboxylic acids is 1. The first-order valence-corrected chi connectivity index (χ1v) is 5.20. The third-order valence-corrected chi connectivity index (χ3v) is 2.81. The van der Waals surface area contributed by atoms with Crippen molar-refractivity contribution in [2.45, 2.75) is 12.8 Å². The Balaban J connectivity index is 1.91. The predicted molar refractivity (Wildman–Crippen MR) is 50.3 cm³/mol. The van der Waals surface area contributed by atoms with Gasteiger partial charge in [0, 0.05) is 4.88 Å². The summed E-state index contributed by atoms with van der Waals surface area (Å²) in [4.78, 5) is 17.8. The van der Waals surface area contributed by atoms with Gasteiger partial charge in [0.15, 0.2) is 0 Å². The van der Waals surface area contributed by atoms with E-state index >= 15 is 0 Å². The highest BCUT2D eigenvalue weighted by atomic mass is 32.1. The van der Waals surface area contributed by atoms with E-state index in [1.54, 1.807) is 11.3 Å². The minimum atomic E-state index is 0.0694. The molecule has 70 valence electrons. The van der Waals surface area contributed by atoms with E-state index in [0.717, 1.165) is 17.8 Å². The van der Waals surface area contributed by atoms with Crippen LogP contribution in [0.2, 0.25) is 0 Å². The van der Waals surface area contributed by atoms with Gasteiger partial charge in [-0.2, -0.15) is 0 Å². The molecule has 2 heterocycles. The van der Waals surface area contributed by atoms with Crippen molar-refractivity contribution >= 4 is 17.2 Å². The third kappa shape index (κ3) is 2.08. The second-order valence-electron chi connectivity index (χ2n) is 2.94. The summed E-state index contributed by atoms with van der Waals surface area (Å²) in [6.45, 7) is 1.42. The van der Waals surface area contributed by atoms with E-state index in [1.807, 2.05) is 17.5 Å². The first kappa shape index (κ1) is 8.72. The maximum absolute atomic E-state index is 11.5. The number of rotatable bonds is 2. The first-order valence-electron chi connectivity index (χ1n) is 4.32. The molecular formula is C9H11NO2S. The largest absolute Gasteiger partial charge is 0.272 e. The van der Waals surface area contributed by atoms with Crippen molar-refractivity contribution in [3.8, 4) is 0 Å². The van der Waals surface area contributed by atoms with E-state index in [9.17, 15) is 4.79 Å². The molecule has 0 N–H and O–H groups in total. The summed E-state index contributed by atoms with van der Waals surface area (Å²) >= 11 is 1.61. The third-order valence-electron chi connectivity index (χ3n) is 1.94. The summed E-state index contributed by atoms with van der Waals surface area (Å²) in [5, 5.41) is 3.45. The topological polar surface area (TPSA) is 29.5 Å². The molecule has 2 rings (SSSR count). The molecular weight excluding hydrogens is 186 g/mol. The van der Waals surface area contributed by atoms with Crippen LogP contribution in [-0.4, -0.2) is 24.1 Å². The minimum absolute atomic E-state index is 0.0694. The highest BCUT2D eigenvalue weighted by Crippen LogP contribution is 2.12. The van der Waals surface area contributed by atoms with Gasteiger partial charge in [-0.15, -0.1) is 11.3 Å². The molecule has 0 unspecified atom stereocenters. The Morgan fingerprint density at radius 1 is 1.69 bits per heavy atom. The molecule has 0 aliphatic carbocycles. The normalized spacial score (nSPS) is 16.5. The summed E-state index contributed by atoms with van der Waals surface area (Å²) in [7, 11) is 0. The average molecular weight is 197 g/mol. The molecule has 1 saturated heterocycles. The maximum atomic E-state index is 11.5. The zero-order chi connectivity index (χ0) is 9.10. The van der Waals surface area contributed by atoms with E-state index in [-0.39, 0.29) is 5.91 Å². The Morgan fingerprint density at radius 3 is 3.23 bits per heavy atom. The van der Waals surface area contributed by atoms with E-state index < -0.39 is 0 Å². The van der Waals surface area contributed by atoms with Gasteiger partial charge in [0.1, 0.15) is 0 Å². The number of amides is 1. The van der Waals surface area contributed by atoms with Crippen molar-refractivity contribution in [3.05, 3.63) is 22.4 Å². The molecule has 1 aliphatic rings. The van der Waals surface area contributed by atoms with Crippen LogP contribution >= 0.6 is 11.3 Å². The van der Waals surface area contributed by atoms with Gasteiger partial charge in [0.05, 0.1) is 19.6 Å². The second kappa shape index (κ2) is 3.89. The van der Waals surface area contributed by atoms with Gasteiger partial charge < -0.3 is 0 Å². The second-order valence-corrected chi connectivity index (χ2v) is 3.97. The van der Waals surface area contributed by atoms with Gasteiger partial charge in [-0.05, 0) is 17.9 Å². The monoisotopic (exact) mass is 197 g/mol. The van der Waals surface area contributed by atoms with Gasteiger partial charge in [-0.1, -0.05) is 6.07 Å². The zero-order valence-electron chi connectivity index (χ0n) is 7.23. The van der Waals surface area contributed by atoms with Gasteiger partial charge in [-0.3, -0.25) is 9.63 Å². The molecule has 0 atom stereocenters. The van der Waals surface area contributed by atoms with Crippen LogP contribution in [0.15, 0.2) is 17.5 Å². The molecule has 0 aromatic carbocycles. The predicted octanol–water partition coefficient (Wildman–Crippen LogP) is 1.45. The molecule has 0 bridgehead atoms. The van der Waals surface area contributed by atoms with Gasteiger partial charge >= 0.3 is 0 Å². The fourth-order valence-corrected chi connectivity index (χ4v) is 1.99. The Morgan fingerprint density at radius 2 is 2.62 bits per heavy atom. The van der Waals surface area contributed by atoms with Crippen LogP contribution in [0, 0.1) is 0 Å². The molecule has 0 radical (unpaired) electrons. The number of carbonyl (C=O) groups is 1. The zero-order valence-corrected chi connectivity index (χ0v) is 8.05. The summed E-state index contributed by atoms with van der Waals surface area (Å²) in [6.07, 6.45) is 1.42. The van der Waals surface area contributed by atoms with Crippen LogP contribution in [0.4, 0.5) is 0 Å². The fraction of sp³-hybridized carbons (Fsp3) is 0.444. The van der Waals surface area contributed by atoms with Crippen molar-refractivity contribution < 1.29 is 9.63 Å². The highest BCUT2D eigenvalue weighted by molar-refractivity contribution is 7.10. The lowest BCUT2D eigenvalue weighted by Gasteiger charge is -2.12. The van der Waals surface area contributed by atoms with Gasteiger partial charge in [0.25, 0.3) is 5.91 Å². The molecule has 1 aromatic heterocycles. The van der Waals surface area contributed by atoms with Crippen LogP contribution in [0.5, 0.6) is 0 Å². The van der Waals surface area contributed by atoms with Crippen molar-refractivity contribution in [1.29, 1.82) is 0 Å². The van der Waals surface area contributed by atoms with E-state index in [2.05, 4.69) is 0 Å². The fourth-order valence-electron chi connectivity index (χ4n) is 1.29. The SMILES string of the molecule is O=C(Cc1cccs1)N1CCCO1. The summed E-state index contributed by atoms with van der Waals surface area (Å²) in [5.74, 6) is 0.0694. The smallest absolute Gasteiger partial charge is 0.251 e. The van der Waals surface area contributed by atoms with Crippen molar-refractivity contribution in [2.24, 2.45) is 0 Å². The molecule has 13 heavy (non-hydrogen) atoms. The number of hydroxylamine groups is 2. The molecule has 1 aliphatic heterocycles. The Hall–Kier alpha value is -0.870. The highest BCUT2D eigenvalue weighted by Gasteiger charge is 2.19. The summed E-state index contributed by atoms with van der Waals surface area (Å²) in [5.41, 5.74) is 0. The number of nitrogens with zero attached hydrogens (tertiary/aromatic N) is 1. The molecule has 0 saturated carbocycles. The molecule has 3 nitrogen and oxygen atoms in total. The lowest BCUT2D eigenvalue weighted by atomic mass is 10.3. The maximum Gasteiger partial charge on any atom is 0.251 e. The van der Waals surface area contributed by atoms with E-state index in [4.69, 9.17) is 4.84 Å². The van der Waals surface area contributed by atoms with Gasteiger partial charge in [-0.25, -0.2) is 5.06 Å². The van der Waals surface area contributed by atoms with Crippen LogP contribution in [0.25, 0.3) is 0 Å². The molecule has 0 spiro atoms. The van der Waals surface area contributed by atoms with E-state index in [1.165, 1.54) is 5.06 Å². The molecule has 1 aromatic rings.